The summed E-state index contributed by atoms with van der Waals surface area (Å²) in [5.41, 5.74) is 1.46. The van der Waals surface area contributed by atoms with Gasteiger partial charge in [0.25, 0.3) is 5.91 Å². The van der Waals surface area contributed by atoms with E-state index in [2.05, 4.69) is 20.3 Å². The molecule has 2 bridgehead atoms. The first-order valence-electron chi connectivity index (χ1n) is 13.3. The van der Waals surface area contributed by atoms with Gasteiger partial charge in [-0.3, -0.25) is 9.59 Å². The van der Waals surface area contributed by atoms with Crippen LogP contribution in [-0.2, 0) is 4.79 Å². The van der Waals surface area contributed by atoms with Crippen LogP contribution >= 0.6 is 0 Å². The Morgan fingerprint density at radius 3 is 2.53 bits per heavy atom. The molecule has 1 N–H and O–H groups in total. The van der Waals surface area contributed by atoms with Crippen molar-refractivity contribution in [1.82, 2.24) is 29.7 Å². The summed E-state index contributed by atoms with van der Waals surface area (Å²) in [5, 5.41) is 0.598. The average molecular weight is 579 g/mol. The molecule has 0 aliphatic carbocycles. The van der Waals surface area contributed by atoms with E-state index < -0.39 is 35.7 Å². The molecular weight excluding hydrogens is 560 g/mol. The van der Waals surface area contributed by atoms with Gasteiger partial charge in [-0.2, -0.15) is 8.78 Å². The topological polar surface area (TPSA) is 105 Å². The van der Waals surface area contributed by atoms with E-state index in [1.807, 2.05) is 0 Å². The van der Waals surface area contributed by atoms with Gasteiger partial charge in [-0.05, 0) is 18.2 Å². The zero-order valence-electron chi connectivity index (χ0n) is 22.4. The average Bonchev–Trinajstić information content (AvgIpc) is 3.44. The Hall–Kier alpha value is -4.49. The van der Waals surface area contributed by atoms with Crippen LogP contribution in [0.25, 0.3) is 22.2 Å². The molecule has 210 valence electrons. The normalized spacial score (nSPS) is 19.8. The van der Waals surface area contributed by atoms with Crippen LogP contribution < -0.4 is 15.0 Å². The van der Waals surface area contributed by atoms with Gasteiger partial charge in [-0.15, -0.1) is 0 Å². The van der Waals surface area contributed by atoms with Crippen LogP contribution in [0.15, 0.2) is 42.7 Å². The quantitative estimate of drug-likeness (QED) is 0.360. The number of halogens is 3. The van der Waals surface area contributed by atoms with Gasteiger partial charge >= 0.3 is 6.61 Å². The molecule has 4 aromatic rings. The molecule has 2 aromatic carbocycles. The van der Waals surface area contributed by atoms with E-state index in [4.69, 9.17) is 28.3 Å². The lowest BCUT2D eigenvalue weighted by Gasteiger charge is -2.41. The molecule has 2 amide bonds. The van der Waals surface area contributed by atoms with Gasteiger partial charge in [-0.25, -0.2) is 19.3 Å². The number of aromatic nitrogens is 4. The number of imidazole rings is 1. The largest absolute Gasteiger partial charge is 0.434 e. The summed E-state index contributed by atoms with van der Waals surface area (Å²) >= 11 is 0. The predicted octanol–water partition coefficient (Wildman–Crippen LogP) is 1.78. The first-order valence-corrected chi connectivity index (χ1v) is 13.3. The second-order valence-electron chi connectivity index (χ2n) is 10.6. The number of carbonyl (C=O) groups excluding carboxylic acids is 2. The summed E-state index contributed by atoms with van der Waals surface area (Å²) in [6, 6.07) is 5.44. The van der Waals surface area contributed by atoms with Crippen LogP contribution in [0, 0.1) is 5.82 Å². The van der Waals surface area contributed by atoms with Crippen molar-refractivity contribution < 1.29 is 27.5 Å². The molecule has 1 fully saturated rings. The van der Waals surface area contributed by atoms with Crippen LogP contribution in [0.5, 0.6) is 5.75 Å². The lowest BCUT2D eigenvalue weighted by atomic mass is 9.48. The number of hydrogen-bond acceptors (Lipinski definition) is 7. The second-order valence-corrected chi connectivity index (χ2v) is 10.6. The van der Waals surface area contributed by atoms with Crippen molar-refractivity contribution in [2.24, 2.45) is 0 Å². The monoisotopic (exact) mass is 579 g/mol. The number of benzene rings is 2. The third-order valence-corrected chi connectivity index (χ3v) is 7.93. The van der Waals surface area contributed by atoms with E-state index in [1.165, 1.54) is 36.7 Å². The van der Waals surface area contributed by atoms with Crippen molar-refractivity contribution in [3.8, 4) is 16.9 Å². The van der Waals surface area contributed by atoms with Gasteiger partial charge in [-0.1, -0.05) is 11.3 Å². The number of nitrogens with one attached hydrogen (secondary N) is 1. The number of rotatable bonds is 5. The number of nitrogens with zero attached hydrogens (tertiary/aromatic N) is 6. The maximum absolute atomic E-state index is 15.5. The summed E-state index contributed by atoms with van der Waals surface area (Å²) in [7, 11) is 18.2. The van der Waals surface area contributed by atoms with Crippen LogP contribution in [0.4, 0.5) is 19.1 Å². The molecular formula is C27H19B3F3N7O3. The molecule has 6 radical (unpaired) electrons. The van der Waals surface area contributed by atoms with E-state index in [1.54, 1.807) is 15.5 Å². The molecule has 2 atom stereocenters. The molecule has 2 aromatic heterocycles. The maximum atomic E-state index is 15.5. The highest BCUT2D eigenvalue weighted by Gasteiger charge is 2.48. The molecule has 0 saturated carbocycles. The number of carbonyl (C=O) groups is 2. The van der Waals surface area contributed by atoms with Gasteiger partial charge in [0.05, 0.1) is 53.2 Å². The number of hydrogen-bond donors (Lipinski definition) is 1. The number of fused-ring (bicyclic) bond motifs is 9. The molecule has 5 heterocycles. The van der Waals surface area contributed by atoms with Crippen molar-refractivity contribution in [2.75, 3.05) is 24.5 Å². The first kappa shape index (κ1) is 27.4. The molecule has 43 heavy (non-hydrogen) atoms. The Bertz CT molecular complexity index is 1800. The number of alkyl halides is 2. The second kappa shape index (κ2) is 9.78. The Morgan fingerprint density at radius 2 is 1.84 bits per heavy atom. The fourth-order valence-electron chi connectivity index (χ4n) is 6.23. The zero-order valence-corrected chi connectivity index (χ0v) is 22.4. The van der Waals surface area contributed by atoms with E-state index in [9.17, 15) is 18.4 Å². The smallest absolute Gasteiger partial charge is 0.387 e. The minimum atomic E-state index is -3.15. The number of ether oxygens (including phenoxy) is 1. The Morgan fingerprint density at radius 1 is 1.07 bits per heavy atom. The van der Waals surface area contributed by atoms with Crippen LogP contribution in [0.1, 0.15) is 40.3 Å². The van der Waals surface area contributed by atoms with Crippen molar-refractivity contribution in [2.45, 2.75) is 30.4 Å². The summed E-state index contributed by atoms with van der Waals surface area (Å²) in [4.78, 5) is 41.5. The minimum Gasteiger partial charge on any atom is -0.434 e. The summed E-state index contributed by atoms with van der Waals surface area (Å²) in [6.45, 7) is -2.06. The van der Waals surface area contributed by atoms with Gasteiger partial charge in [0, 0.05) is 60.2 Å². The zero-order chi connectivity index (χ0) is 30.2. The van der Waals surface area contributed by atoms with Crippen LogP contribution in [0.3, 0.4) is 0 Å². The van der Waals surface area contributed by atoms with Crippen molar-refractivity contribution >= 4 is 52.3 Å². The van der Waals surface area contributed by atoms with Crippen molar-refractivity contribution in [3.63, 3.8) is 0 Å². The van der Waals surface area contributed by atoms with Gasteiger partial charge in [0.15, 0.2) is 0 Å². The standard InChI is InChI=1S/C27H19B3F3N7O3/c28-27(29,30)40-19-8-18(22-13(24(40)42)2-1-3-20(22)43-25(32)33)39-17-6-14(15(31)7-16(17)37-23(19)39)12-9-35-26(36-10-12)38-5-4-34-21(41)11-38/h1-3,6-7,9-10,18-19,25H,4-5,8,11H2,(H,34,41)/t18-,19+/m1/s1. The molecule has 3 aliphatic heterocycles. The Kier molecular flexibility index (Phi) is 6.22. The first-order chi connectivity index (χ1) is 20.5. The van der Waals surface area contributed by atoms with Gasteiger partial charge < -0.3 is 24.4 Å². The molecule has 7 rings (SSSR count). The van der Waals surface area contributed by atoms with Crippen LogP contribution in [-0.4, -0.2) is 91.3 Å². The van der Waals surface area contributed by atoms with Crippen molar-refractivity contribution in [1.29, 1.82) is 0 Å². The maximum Gasteiger partial charge on any atom is 0.387 e. The van der Waals surface area contributed by atoms with E-state index in [0.717, 1.165) is 4.90 Å². The summed E-state index contributed by atoms with van der Waals surface area (Å²) in [5.74, 6) is -0.993. The summed E-state index contributed by atoms with van der Waals surface area (Å²) < 4.78 is 49.0. The molecule has 16 heteroatoms. The van der Waals surface area contributed by atoms with Gasteiger partial charge in [0.2, 0.25) is 11.9 Å². The number of anilines is 1. The van der Waals surface area contributed by atoms with E-state index in [-0.39, 0.29) is 46.8 Å². The fourth-order valence-corrected chi connectivity index (χ4v) is 6.23. The van der Waals surface area contributed by atoms with Crippen molar-refractivity contribution in [3.05, 3.63) is 65.5 Å². The molecule has 0 spiro atoms. The lowest BCUT2D eigenvalue weighted by molar-refractivity contribution is -0.120. The highest BCUT2D eigenvalue weighted by atomic mass is 19.3. The lowest BCUT2D eigenvalue weighted by Crippen LogP contribution is -2.54. The number of amides is 2. The minimum absolute atomic E-state index is 0.0431. The Balaban J connectivity index is 1.38. The van der Waals surface area contributed by atoms with Crippen LogP contribution in [0.2, 0.25) is 0 Å². The highest BCUT2D eigenvalue weighted by Crippen LogP contribution is 2.51. The van der Waals surface area contributed by atoms with E-state index in [0.29, 0.717) is 35.9 Å². The molecule has 1 saturated heterocycles. The summed E-state index contributed by atoms with van der Waals surface area (Å²) in [6.07, 6.45) is 3.07. The van der Waals surface area contributed by atoms with E-state index >= 15 is 4.39 Å². The third kappa shape index (κ3) is 4.42. The Labute approximate surface area is 246 Å². The molecule has 0 unspecified atom stereocenters. The molecule has 10 nitrogen and oxygen atoms in total. The highest BCUT2D eigenvalue weighted by molar-refractivity contribution is 6.60. The molecule has 3 aliphatic rings. The predicted molar refractivity (Wildman–Crippen MR) is 151 cm³/mol. The fraction of sp³-hybridized carbons (Fsp3) is 0.296. The third-order valence-electron chi connectivity index (χ3n) is 7.93. The SMILES string of the molecule is [B]C([B])([B])N1C(=O)c2cccc(OC(F)F)c2[C@H]2C[C@H]1c1nc3cc(F)c(-c4cnc(N5CCNC(=O)C5)nc4)cc3n12. The van der Waals surface area contributed by atoms with Gasteiger partial charge in [0.1, 0.15) is 17.4 Å². The number of piperazine rings is 1.